The Hall–Kier alpha value is -3.55. The molecule has 1 unspecified atom stereocenters. The Kier molecular flexibility index (Phi) is 6.90. The Morgan fingerprint density at radius 1 is 1.20 bits per heavy atom. The van der Waals surface area contributed by atoms with E-state index in [1.54, 1.807) is 30.3 Å². The van der Waals surface area contributed by atoms with Crippen LogP contribution in [0.2, 0.25) is 0 Å². The SMILES string of the molecule is CCCOC(=O)CC1COc2ccc(NC(=O)c3ccc(N=C(N)N)cc3)cc2C1. The van der Waals surface area contributed by atoms with Gasteiger partial charge in [0.15, 0.2) is 5.96 Å². The van der Waals surface area contributed by atoms with E-state index < -0.39 is 0 Å². The van der Waals surface area contributed by atoms with E-state index in [0.29, 0.717) is 43.0 Å². The van der Waals surface area contributed by atoms with Crippen molar-refractivity contribution in [2.24, 2.45) is 22.4 Å². The maximum Gasteiger partial charge on any atom is 0.306 e. The fourth-order valence-corrected chi connectivity index (χ4v) is 3.22. The van der Waals surface area contributed by atoms with Crippen LogP contribution in [-0.2, 0) is 16.0 Å². The molecule has 158 valence electrons. The molecule has 5 N–H and O–H groups in total. The third kappa shape index (κ3) is 5.73. The van der Waals surface area contributed by atoms with Gasteiger partial charge in [-0.2, -0.15) is 0 Å². The van der Waals surface area contributed by atoms with Crippen molar-refractivity contribution in [2.45, 2.75) is 26.2 Å². The van der Waals surface area contributed by atoms with Crippen LogP contribution in [-0.4, -0.2) is 31.0 Å². The molecule has 1 amide bonds. The van der Waals surface area contributed by atoms with Crippen molar-refractivity contribution in [3.05, 3.63) is 53.6 Å². The number of ether oxygens (including phenoxy) is 2. The minimum atomic E-state index is -0.248. The third-order valence-corrected chi connectivity index (χ3v) is 4.61. The number of anilines is 1. The second-order valence-electron chi connectivity index (χ2n) is 7.17. The summed E-state index contributed by atoms with van der Waals surface area (Å²) in [5, 5.41) is 2.88. The molecule has 2 aromatic carbocycles. The number of hydrogen-bond acceptors (Lipinski definition) is 5. The van der Waals surface area contributed by atoms with Crippen molar-refractivity contribution in [3.63, 3.8) is 0 Å². The third-order valence-electron chi connectivity index (χ3n) is 4.61. The van der Waals surface area contributed by atoms with E-state index in [2.05, 4.69) is 10.3 Å². The van der Waals surface area contributed by atoms with Crippen molar-refractivity contribution in [1.82, 2.24) is 0 Å². The molecule has 1 atom stereocenters. The Bertz CT molecular complexity index is 937. The van der Waals surface area contributed by atoms with Crippen molar-refractivity contribution in [3.8, 4) is 5.75 Å². The maximum atomic E-state index is 12.5. The highest BCUT2D eigenvalue weighted by molar-refractivity contribution is 6.04. The Labute approximate surface area is 175 Å². The zero-order valence-corrected chi connectivity index (χ0v) is 16.9. The van der Waals surface area contributed by atoms with Crippen molar-refractivity contribution in [2.75, 3.05) is 18.5 Å². The van der Waals surface area contributed by atoms with E-state index in [1.165, 1.54) is 0 Å². The highest BCUT2D eigenvalue weighted by Gasteiger charge is 2.23. The minimum Gasteiger partial charge on any atom is -0.493 e. The number of rotatable bonds is 7. The molecule has 0 fully saturated rings. The molecule has 3 rings (SSSR count). The summed E-state index contributed by atoms with van der Waals surface area (Å²) >= 11 is 0. The van der Waals surface area contributed by atoms with Gasteiger partial charge in [0.2, 0.25) is 0 Å². The van der Waals surface area contributed by atoms with Gasteiger partial charge in [0.1, 0.15) is 5.75 Å². The van der Waals surface area contributed by atoms with Crippen LogP contribution in [0.25, 0.3) is 0 Å². The van der Waals surface area contributed by atoms with Crippen LogP contribution in [0.1, 0.15) is 35.7 Å². The number of amides is 1. The van der Waals surface area contributed by atoms with Gasteiger partial charge in [-0.1, -0.05) is 6.92 Å². The van der Waals surface area contributed by atoms with E-state index in [4.69, 9.17) is 20.9 Å². The van der Waals surface area contributed by atoms with Gasteiger partial charge in [-0.3, -0.25) is 9.59 Å². The summed E-state index contributed by atoms with van der Waals surface area (Å²) in [5.74, 6) is 0.328. The predicted octanol–water partition coefficient (Wildman–Crippen LogP) is 2.74. The number of nitrogens with zero attached hydrogens (tertiary/aromatic N) is 1. The molecule has 0 saturated heterocycles. The van der Waals surface area contributed by atoms with Crippen LogP contribution in [0.4, 0.5) is 11.4 Å². The largest absolute Gasteiger partial charge is 0.493 e. The monoisotopic (exact) mass is 410 g/mol. The standard InChI is InChI=1S/C22H26N4O4/c1-2-9-29-20(27)11-14-10-16-12-18(7-8-19(16)30-13-14)25-21(28)15-3-5-17(6-4-15)26-22(23)24/h3-8,12,14H,2,9-11,13H2,1H3,(H,25,28)(H4,23,24,26). The molecule has 2 aromatic rings. The smallest absolute Gasteiger partial charge is 0.306 e. The van der Waals surface area contributed by atoms with Gasteiger partial charge in [0.25, 0.3) is 5.91 Å². The lowest BCUT2D eigenvalue weighted by Crippen LogP contribution is -2.24. The number of esters is 1. The first-order valence-corrected chi connectivity index (χ1v) is 9.87. The minimum absolute atomic E-state index is 0.0413. The quantitative estimate of drug-likeness (QED) is 0.366. The van der Waals surface area contributed by atoms with Crippen LogP contribution in [0, 0.1) is 5.92 Å². The molecule has 0 bridgehead atoms. The van der Waals surface area contributed by atoms with Crippen LogP contribution in [0.15, 0.2) is 47.5 Å². The highest BCUT2D eigenvalue weighted by atomic mass is 16.5. The lowest BCUT2D eigenvalue weighted by Gasteiger charge is -2.25. The summed E-state index contributed by atoms with van der Waals surface area (Å²) < 4.78 is 10.9. The molecule has 0 spiro atoms. The van der Waals surface area contributed by atoms with Crippen LogP contribution in [0.5, 0.6) is 5.75 Å². The average Bonchev–Trinajstić information content (AvgIpc) is 2.72. The van der Waals surface area contributed by atoms with Crippen molar-refractivity contribution >= 4 is 29.2 Å². The van der Waals surface area contributed by atoms with E-state index >= 15 is 0 Å². The molecule has 30 heavy (non-hydrogen) atoms. The van der Waals surface area contributed by atoms with Crippen LogP contribution < -0.4 is 21.5 Å². The molecule has 0 aromatic heterocycles. The van der Waals surface area contributed by atoms with E-state index in [0.717, 1.165) is 17.7 Å². The number of guanidine groups is 1. The number of carbonyl (C=O) groups is 2. The lowest BCUT2D eigenvalue weighted by atomic mass is 9.93. The fourth-order valence-electron chi connectivity index (χ4n) is 3.22. The second kappa shape index (κ2) is 9.78. The van der Waals surface area contributed by atoms with Gasteiger partial charge in [0, 0.05) is 17.2 Å². The van der Waals surface area contributed by atoms with E-state index in [-0.39, 0.29) is 23.8 Å². The summed E-state index contributed by atoms with van der Waals surface area (Å²) in [4.78, 5) is 28.3. The molecular formula is C22H26N4O4. The lowest BCUT2D eigenvalue weighted by molar-refractivity contribution is -0.145. The van der Waals surface area contributed by atoms with Crippen molar-refractivity contribution < 1.29 is 19.1 Å². The number of carbonyl (C=O) groups excluding carboxylic acids is 2. The summed E-state index contributed by atoms with van der Waals surface area (Å²) in [7, 11) is 0. The Balaban J connectivity index is 1.63. The van der Waals surface area contributed by atoms with Gasteiger partial charge in [-0.25, -0.2) is 4.99 Å². The zero-order chi connectivity index (χ0) is 21.5. The molecule has 0 saturated carbocycles. The number of nitrogens with two attached hydrogens (primary N) is 2. The number of aliphatic imine (C=N–C) groups is 1. The summed E-state index contributed by atoms with van der Waals surface area (Å²) in [6.07, 6.45) is 1.81. The predicted molar refractivity (Wildman–Crippen MR) is 115 cm³/mol. The zero-order valence-electron chi connectivity index (χ0n) is 16.9. The normalized spacial score (nSPS) is 14.8. The maximum absolute atomic E-state index is 12.5. The number of fused-ring (bicyclic) bond motifs is 1. The molecular weight excluding hydrogens is 384 g/mol. The van der Waals surface area contributed by atoms with Gasteiger partial charge in [-0.05, 0) is 60.9 Å². The van der Waals surface area contributed by atoms with Gasteiger partial charge < -0.3 is 26.3 Å². The van der Waals surface area contributed by atoms with Crippen LogP contribution >= 0.6 is 0 Å². The Morgan fingerprint density at radius 2 is 1.97 bits per heavy atom. The van der Waals surface area contributed by atoms with E-state index in [9.17, 15) is 9.59 Å². The average molecular weight is 410 g/mol. The molecule has 1 heterocycles. The first-order chi connectivity index (χ1) is 14.4. The molecule has 1 aliphatic heterocycles. The summed E-state index contributed by atoms with van der Waals surface area (Å²) in [5.41, 5.74) is 13.4. The number of benzene rings is 2. The highest BCUT2D eigenvalue weighted by Crippen LogP contribution is 2.31. The van der Waals surface area contributed by atoms with Gasteiger partial charge in [0.05, 0.1) is 25.3 Å². The van der Waals surface area contributed by atoms with E-state index in [1.807, 2.05) is 19.1 Å². The van der Waals surface area contributed by atoms with Gasteiger partial charge >= 0.3 is 5.97 Å². The molecule has 0 aliphatic carbocycles. The molecule has 8 nitrogen and oxygen atoms in total. The number of hydrogen-bond donors (Lipinski definition) is 3. The second-order valence-corrected chi connectivity index (χ2v) is 7.17. The summed E-state index contributed by atoms with van der Waals surface area (Å²) in [6, 6.07) is 12.1. The molecule has 8 heteroatoms. The first kappa shape index (κ1) is 21.2. The van der Waals surface area contributed by atoms with Crippen molar-refractivity contribution in [1.29, 1.82) is 0 Å². The molecule has 1 aliphatic rings. The summed E-state index contributed by atoms with van der Waals surface area (Å²) in [6.45, 7) is 2.87. The topological polar surface area (TPSA) is 129 Å². The molecule has 0 radical (unpaired) electrons. The number of nitrogens with one attached hydrogen (secondary N) is 1. The first-order valence-electron chi connectivity index (χ1n) is 9.87. The van der Waals surface area contributed by atoms with Gasteiger partial charge in [-0.15, -0.1) is 0 Å². The fraction of sp³-hybridized carbons (Fsp3) is 0.318. The Morgan fingerprint density at radius 3 is 2.67 bits per heavy atom. The van der Waals surface area contributed by atoms with Crippen LogP contribution in [0.3, 0.4) is 0 Å².